The number of aryl methyl sites for hydroxylation is 2. The van der Waals surface area contributed by atoms with E-state index in [0.29, 0.717) is 36.3 Å². The number of anilines is 5. The molecule has 10 rings (SSSR count). The summed E-state index contributed by atoms with van der Waals surface area (Å²) in [5.74, 6) is 4.95. The van der Waals surface area contributed by atoms with E-state index in [1.54, 1.807) is 45.3 Å². The maximum Gasteiger partial charge on any atom is 0.229 e. The Labute approximate surface area is 371 Å². The third-order valence-electron chi connectivity index (χ3n) is 12.0. The van der Waals surface area contributed by atoms with Crippen molar-refractivity contribution < 1.29 is 28.4 Å². The Morgan fingerprint density at radius 1 is 0.683 bits per heavy atom. The maximum absolute atomic E-state index is 6.02. The second-order valence-electron chi connectivity index (χ2n) is 15.9. The first-order chi connectivity index (χ1) is 30.5. The Bertz CT molecular complexity index is 2520. The molecule has 2 spiro atoms. The summed E-state index contributed by atoms with van der Waals surface area (Å²) in [6.07, 6.45) is 14.5. The fourth-order valence-electron chi connectivity index (χ4n) is 8.09. The van der Waals surface area contributed by atoms with Gasteiger partial charge in [-0.1, -0.05) is 0 Å². The van der Waals surface area contributed by atoms with Crippen LogP contribution >= 0.6 is 11.6 Å². The van der Waals surface area contributed by atoms with Gasteiger partial charge in [0.1, 0.15) is 24.7 Å². The number of imidazole rings is 2. The molecule has 3 N–H and O–H groups in total. The number of hydrogen-bond donors (Lipinski definition) is 2. The van der Waals surface area contributed by atoms with Crippen molar-refractivity contribution in [2.24, 2.45) is 0 Å². The molecule has 4 aliphatic heterocycles. The van der Waals surface area contributed by atoms with Crippen molar-refractivity contribution in [3.63, 3.8) is 0 Å². The predicted molar refractivity (Wildman–Crippen MR) is 240 cm³/mol. The Morgan fingerprint density at radius 3 is 1.71 bits per heavy atom. The van der Waals surface area contributed by atoms with Gasteiger partial charge in [0.25, 0.3) is 0 Å². The van der Waals surface area contributed by atoms with Gasteiger partial charge >= 0.3 is 0 Å². The van der Waals surface area contributed by atoms with Crippen LogP contribution in [0.3, 0.4) is 0 Å². The molecule has 8 heterocycles. The lowest BCUT2D eigenvalue weighted by Gasteiger charge is -2.47. The number of nitrogens with two attached hydrogens (primary N) is 1. The number of fused-ring (bicyclic) bond motifs is 2. The van der Waals surface area contributed by atoms with Gasteiger partial charge in [-0.05, 0) is 75.4 Å². The average molecular weight is 881 g/mol. The van der Waals surface area contributed by atoms with E-state index in [4.69, 9.17) is 50.7 Å². The quantitative estimate of drug-likeness (QED) is 0.138. The fraction of sp³-hybridized carbons (Fsp3) is 0.409. The number of rotatable bonds is 6. The van der Waals surface area contributed by atoms with Gasteiger partial charge in [-0.3, -0.25) is 0 Å². The molecule has 0 radical (unpaired) electrons. The summed E-state index contributed by atoms with van der Waals surface area (Å²) in [4.78, 5) is 30.3. The van der Waals surface area contributed by atoms with E-state index in [1.807, 2.05) is 72.8 Å². The standard InChI is InChI=1S/C22H26N6O3.C11H14ClN3O2.C11H13N3O/c1-15-12-28(14-24-15)17-5-4-16(10-18(17)29-3)25-21-23-11-19-20(26-21)27(2)22(13-31-19)6-8-30-9-7-22;1-15-9-8(6-13-10(12)14-9)17-7-11(15)2-4-16-5-3-11;1-8-6-14(7-13-8)10-4-3-9(12)5-11(10)15-2/h4-5,10-12,14H,6-9,13H2,1-3H3,(H,23,25,26);6H,2-5,7H2,1H3;3-7H,12H2,1-2H3. The van der Waals surface area contributed by atoms with Crippen molar-refractivity contribution in [2.45, 2.75) is 50.6 Å². The molecule has 0 aliphatic carbocycles. The molecule has 0 atom stereocenters. The van der Waals surface area contributed by atoms with Crippen molar-refractivity contribution in [1.29, 1.82) is 0 Å². The molecule has 19 heteroatoms. The minimum absolute atomic E-state index is 0.0110. The van der Waals surface area contributed by atoms with Crippen molar-refractivity contribution in [3.8, 4) is 34.4 Å². The normalized spacial score (nSPS) is 16.9. The van der Waals surface area contributed by atoms with Crippen LogP contribution in [0.15, 0.2) is 73.8 Å². The van der Waals surface area contributed by atoms with E-state index in [-0.39, 0.29) is 16.4 Å². The summed E-state index contributed by atoms with van der Waals surface area (Å²) in [6, 6.07) is 11.4. The number of nitrogens with one attached hydrogen (secondary N) is 1. The number of hydrogen-bond acceptors (Lipinski definition) is 16. The summed E-state index contributed by atoms with van der Waals surface area (Å²) in [7, 11) is 7.40. The van der Waals surface area contributed by atoms with E-state index in [1.165, 1.54) is 0 Å². The molecule has 4 aromatic heterocycles. The highest BCUT2D eigenvalue weighted by Gasteiger charge is 2.44. The van der Waals surface area contributed by atoms with Crippen molar-refractivity contribution in [1.82, 2.24) is 39.0 Å². The minimum atomic E-state index is -0.0787. The van der Waals surface area contributed by atoms with Crippen molar-refractivity contribution in [3.05, 3.63) is 90.5 Å². The largest absolute Gasteiger partial charge is 0.494 e. The molecule has 4 aliphatic rings. The van der Waals surface area contributed by atoms with Crippen LogP contribution in [0, 0.1) is 13.8 Å². The number of ether oxygens (including phenoxy) is 6. The van der Waals surface area contributed by atoms with Crippen LogP contribution in [-0.2, 0) is 9.47 Å². The fourth-order valence-corrected chi connectivity index (χ4v) is 8.22. The molecule has 0 saturated carbocycles. The van der Waals surface area contributed by atoms with Crippen LogP contribution in [0.4, 0.5) is 29.0 Å². The molecule has 6 aromatic rings. The lowest BCUT2D eigenvalue weighted by atomic mass is 9.88. The summed E-state index contributed by atoms with van der Waals surface area (Å²) in [5, 5.41) is 3.54. The number of aromatic nitrogens is 8. The van der Waals surface area contributed by atoms with Crippen LogP contribution in [0.5, 0.6) is 23.0 Å². The zero-order valence-electron chi connectivity index (χ0n) is 36.4. The summed E-state index contributed by atoms with van der Waals surface area (Å²) < 4.78 is 37.5. The highest BCUT2D eigenvalue weighted by atomic mass is 35.5. The molecule has 63 heavy (non-hydrogen) atoms. The van der Waals surface area contributed by atoms with Crippen LogP contribution in [0.2, 0.25) is 5.28 Å². The number of benzene rings is 2. The average Bonchev–Trinajstić information content (AvgIpc) is 3.95. The van der Waals surface area contributed by atoms with Gasteiger partial charge < -0.3 is 58.4 Å². The number of methoxy groups -OCH3 is 2. The van der Waals surface area contributed by atoms with Crippen LogP contribution < -0.4 is 39.8 Å². The van der Waals surface area contributed by atoms with Crippen LogP contribution in [0.25, 0.3) is 11.4 Å². The van der Waals surface area contributed by atoms with Crippen molar-refractivity contribution in [2.75, 3.05) is 88.8 Å². The van der Waals surface area contributed by atoms with Gasteiger partial charge in [0.05, 0.1) is 73.1 Å². The first-order valence-corrected chi connectivity index (χ1v) is 21.1. The van der Waals surface area contributed by atoms with Crippen LogP contribution in [-0.4, -0.2) is 118 Å². The minimum Gasteiger partial charge on any atom is -0.494 e. The van der Waals surface area contributed by atoms with E-state index in [0.717, 1.165) is 104 Å². The third kappa shape index (κ3) is 9.23. The summed E-state index contributed by atoms with van der Waals surface area (Å²) >= 11 is 5.84. The molecule has 332 valence electrons. The lowest BCUT2D eigenvalue weighted by molar-refractivity contribution is 0.0264. The molecule has 18 nitrogen and oxygen atoms in total. The van der Waals surface area contributed by atoms with Crippen LogP contribution in [0.1, 0.15) is 37.1 Å². The van der Waals surface area contributed by atoms with E-state index in [2.05, 4.69) is 47.1 Å². The van der Waals surface area contributed by atoms with Gasteiger partial charge in [-0.15, -0.1) is 0 Å². The zero-order valence-corrected chi connectivity index (χ0v) is 37.1. The smallest absolute Gasteiger partial charge is 0.229 e. The lowest BCUT2D eigenvalue weighted by Crippen LogP contribution is -2.57. The summed E-state index contributed by atoms with van der Waals surface area (Å²) in [6.45, 7) is 8.19. The molecule has 2 saturated heterocycles. The molecule has 0 amide bonds. The first kappa shape index (κ1) is 43.3. The Balaban J connectivity index is 0.000000143. The number of likely N-dealkylation sites (N-methyl/N-ethyl adjacent to an activating group) is 2. The van der Waals surface area contributed by atoms with Crippen molar-refractivity contribution >= 4 is 40.6 Å². The molecule has 0 unspecified atom stereocenters. The van der Waals surface area contributed by atoms with E-state index >= 15 is 0 Å². The molecule has 2 fully saturated rings. The second-order valence-corrected chi connectivity index (χ2v) is 16.2. The molecule has 0 bridgehead atoms. The topological polar surface area (TPSA) is 187 Å². The zero-order chi connectivity index (χ0) is 44.1. The number of nitrogen functional groups attached to an aromatic ring is 1. The molecule has 2 aromatic carbocycles. The van der Waals surface area contributed by atoms with Gasteiger partial charge in [0.15, 0.2) is 23.1 Å². The number of halogens is 1. The molecular weight excluding hydrogens is 828 g/mol. The van der Waals surface area contributed by atoms with Gasteiger partial charge in [0.2, 0.25) is 11.2 Å². The van der Waals surface area contributed by atoms with E-state index in [9.17, 15) is 0 Å². The first-order valence-electron chi connectivity index (χ1n) is 20.7. The van der Waals surface area contributed by atoms with E-state index < -0.39 is 0 Å². The van der Waals surface area contributed by atoms with Gasteiger partial charge in [0, 0.05) is 76.4 Å². The second kappa shape index (κ2) is 18.5. The Kier molecular flexibility index (Phi) is 12.7. The summed E-state index contributed by atoms with van der Waals surface area (Å²) in [5.41, 5.74) is 10.9. The van der Waals surface area contributed by atoms with Gasteiger partial charge in [-0.25, -0.2) is 19.9 Å². The highest BCUT2D eigenvalue weighted by molar-refractivity contribution is 6.28. The highest BCUT2D eigenvalue weighted by Crippen LogP contribution is 2.42. The monoisotopic (exact) mass is 880 g/mol. The Morgan fingerprint density at radius 2 is 1.19 bits per heavy atom. The number of nitrogens with zero attached hydrogens (tertiary/aromatic N) is 10. The van der Waals surface area contributed by atoms with Gasteiger partial charge in [-0.2, -0.15) is 9.97 Å². The third-order valence-corrected chi connectivity index (χ3v) is 12.1. The Hall–Kier alpha value is -6.37. The SMILES string of the molecule is CN1c2nc(Cl)ncc2OCC12CCOCC2.COc1cc(N)ccc1-n1cnc(C)c1.COc1cc(Nc2ncc3c(n2)N(C)C2(CCOCC2)CO3)ccc1-n1cnc(C)c1. The maximum atomic E-state index is 6.02. The molecular formula is C44H53ClN12O6. The predicted octanol–water partition coefficient (Wildman–Crippen LogP) is 6.38.